The number of thioether (sulfide) groups is 1. The van der Waals surface area contributed by atoms with E-state index in [1.807, 2.05) is 12.3 Å². The first-order valence-electron chi connectivity index (χ1n) is 9.22. The summed E-state index contributed by atoms with van der Waals surface area (Å²) in [4.78, 5) is 47.8. The number of hydrogen-bond donors (Lipinski definition) is 1. The van der Waals surface area contributed by atoms with E-state index in [4.69, 9.17) is 4.74 Å². The van der Waals surface area contributed by atoms with Crippen LogP contribution in [0.4, 0.5) is 5.69 Å². The van der Waals surface area contributed by atoms with Gasteiger partial charge in [0.1, 0.15) is 5.75 Å². The van der Waals surface area contributed by atoms with Crippen molar-refractivity contribution < 1.29 is 14.3 Å². The molecule has 154 valence electrons. The van der Waals surface area contributed by atoms with Gasteiger partial charge in [-0.25, -0.2) is 4.98 Å². The van der Waals surface area contributed by atoms with Gasteiger partial charge in [0.2, 0.25) is 5.91 Å². The van der Waals surface area contributed by atoms with Crippen LogP contribution >= 0.6 is 11.8 Å². The number of aromatic amines is 1. The van der Waals surface area contributed by atoms with Gasteiger partial charge in [-0.3, -0.25) is 14.4 Å². The third-order valence-electron chi connectivity index (χ3n) is 4.77. The first kappa shape index (κ1) is 20.9. The number of benzene rings is 1. The van der Waals surface area contributed by atoms with Crippen molar-refractivity contribution >= 4 is 29.3 Å². The largest absolute Gasteiger partial charge is 0.476 e. The molecule has 8 nitrogen and oxygen atoms in total. The van der Waals surface area contributed by atoms with Gasteiger partial charge >= 0.3 is 0 Å². The Labute approximate surface area is 173 Å². The number of rotatable bonds is 5. The Morgan fingerprint density at radius 2 is 2.07 bits per heavy atom. The van der Waals surface area contributed by atoms with Crippen LogP contribution in [0.5, 0.6) is 5.75 Å². The summed E-state index contributed by atoms with van der Waals surface area (Å²) in [6, 6.07) is 7.14. The number of fused-ring (bicyclic) bond motifs is 1. The van der Waals surface area contributed by atoms with E-state index in [1.165, 1.54) is 16.7 Å². The second-order valence-electron chi connectivity index (χ2n) is 6.95. The molecular weight excluding hydrogens is 392 g/mol. The van der Waals surface area contributed by atoms with Crippen LogP contribution in [0.25, 0.3) is 0 Å². The Kier molecular flexibility index (Phi) is 6.26. The van der Waals surface area contributed by atoms with E-state index in [-0.39, 0.29) is 36.8 Å². The predicted molar refractivity (Wildman–Crippen MR) is 112 cm³/mol. The molecule has 2 amide bonds. The molecule has 2 aromatic rings. The molecule has 1 atom stereocenters. The Morgan fingerprint density at radius 3 is 2.72 bits per heavy atom. The summed E-state index contributed by atoms with van der Waals surface area (Å²) < 4.78 is 5.81. The topological polar surface area (TPSA) is 95.6 Å². The van der Waals surface area contributed by atoms with E-state index in [9.17, 15) is 14.4 Å². The minimum Gasteiger partial charge on any atom is -0.476 e. The SMILES string of the molecule is CSc1nc(C)c(CCC(=O)N2CC(C(=O)N(C)C)Oc3ccccc32)c(=O)[nH]1. The Hall–Kier alpha value is -2.81. The third-order valence-corrected chi connectivity index (χ3v) is 5.35. The summed E-state index contributed by atoms with van der Waals surface area (Å²) in [6.07, 6.45) is 1.47. The zero-order valence-electron chi connectivity index (χ0n) is 16.9. The minimum absolute atomic E-state index is 0.126. The lowest BCUT2D eigenvalue weighted by Gasteiger charge is -2.35. The smallest absolute Gasteiger partial charge is 0.265 e. The summed E-state index contributed by atoms with van der Waals surface area (Å²) in [5.74, 6) is 0.110. The van der Waals surface area contributed by atoms with Crippen LogP contribution in [0.1, 0.15) is 17.7 Å². The summed E-state index contributed by atoms with van der Waals surface area (Å²) in [5, 5.41) is 0.551. The molecule has 2 heterocycles. The minimum atomic E-state index is -0.767. The number of nitrogens with one attached hydrogen (secondary N) is 1. The van der Waals surface area contributed by atoms with E-state index in [0.717, 1.165) is 0 Å². The van der Waals surface area contributed by atoms with Gasteiger partial charge in [-0.2, -0.15) is 0 Å². The molecule has 1 unspecified atom stereocenters. The van der Waals surface area contributed by atoms with Crippen LogP contribution in [0.2, 0.25) is 0 Å². The summed E-state index contributed by atoms with van der Waals surface area (Å²) in [7, 11) is 3.30. The van der Waals surface area contributed by atoms with Crippen LogP contribution in [-0.2, 0) is 16.0 Å². The quantitative estimate of drug-likeness (QED) is 0.588. The number of H-pyrrole nitrogens is 1. The second kappa shape index (κ2) is 8.69. The normalized spacial score (nSPS) is 15.4. The molecule has 1 aromatic heterocycles. The Morgan fingerprint density at radius 1 is 1.34 bits per heavy atom. The average Bonchev–Trinajstić information content (AvgIpc) is 2.71. The number of para-hydroxylation sites is 2. The van der Waals surface area contributed by atoms with Crippen molar-refractivity contribution in [3.05, 3.63) is 45.9 Å². The molecule has 29 heavy (non-hydrogen) atoms. The van der Waals surface area contributed by atoms with Crippen molar-refractivity contribution in [1.29, 1.82) is 0 Å². The number of amides is 2. The molecule has 0 fully saturated rings. The highest BCUT2D eigenvalue weighted by Gasteiger charge is 2.34. The molecule has 1 aliphatic heterocycles. The number of aryl methyl sites for hydroxylation is 1. The summed E-state index contributed by atoms with van der Waals surface area (Å²) >= 11 is 1.36. The number of ether oxygens (including phenoxy) is 1. The third kappa shape index (κ3) is 4.45. The lowest BCUT2D eigenvalue weighted by molar-refractivity contribution is -0.136. The highest BCUT2D eigenvalue weighted by atomic mass is 32.2. The van der Waals surface area contributed by atoms with E-state index in [2.05, 4.69) is 9.97 Å². The van der Waals surface area contributed by atoms with E-state index < -0.39 is 6.10 Å². The molecule has 1 N–H and O–H groups in total. The molecule has 0 aliphatic carbocycles. The molecule has 0 saturated carbocycles. The van der Waals surface area contributed by atoms with Crippen LogP contribution in [0, 0.1) is 6.92 Å². The fourth-order valence-corrected chi connectivity index (χ4v) is 3.65. The number of aromatic nitrogens is 2. The Balaban J connectivity index is 1.81. The fraction of sp³-hybridized carbons (Fsp3) is 0.400. The van der Waals surface area contributed by atoms with Gasteiger partial charge in [-0.05, 0) is 31.7 Å². The second-order valence-corrected chi connectivity index (χ2v) is 7.75. The van der Waals surface area contributed by atoms with Gasteiger partial charge in [0, 0.05) is 31.8 Å². The molecule has 0 spiro atoms. The Bertz CT molecular complexity index is 989. The van der Waals surface area contributed by atoms with Gasteiger partial charge < -0.3 is 19.5 Å². The van der Waals surface area contributed by atoms with Crippen LogP contribution in [-0.4, -0.2) is 59.7 Å². The van der Waals surface area contributed by atoms with Crippen LogP contribution in [0.3, 0.4) is 0 Å². The van der Waals surface area contributed by atoms with Gasteiger partial charge in [0.15, 0.2) is 11.3 Å². The van der Waals surface area contributed by atoms with Crippen LogP contribution in [0.15, 0.2) is 34.2 Å². The zero-order valence-corrected chi connectivity index (χ0v) is 17.7. The lowest BCUT2D eigenvalue weighted by atomic mass is 10.1. The number of nitrogens with zero attached hydrogens (tertiary/aromatic N) is 3. The van der Waals surface area contributed by atoms with Gasteiger partial charge in [0.25, 0.3) is 11.5 Å². The van der Waals surface area contributed by atoms with Crippen molar-refractivity contribution in [2.75, 3.05) is 31.8 Å². The molecule has 0 bridgehead atoms. The molecule has 3 rings (SSSR count). The van der Waals surface area contributed by atoms with Crippen molar-refractivity contribution in [2.24, 2.45) is 0 Å². The van der Waals surface area contributed by atoms with E-state index >= 15 is 0 Å². The van der Waals surface area contributed by atoms with Crippen molar-refractivity contribution in [3.8, 4) is 5.75 Å². The van der Waals surface area contributed by atoms with Gasteiger partial charge in [-0.15, -0.1) is 0 Å². The maximum absolute atomic E-state index is 13.0. The molecule has 1 aromatic carbocycles. The highest BCUT2D eigenvalue weighted by molar-refractivity contribution is 7.98. The summed E-state index contributed by atoms with van der Waals surface area (Å²) in [6.45, 7) is 1.90. The first-order valence-corrected chi connectivity index (χ1v) is 10.4. The number of likely N-dealkylation sites (N-methyl/N-ethyl adjacent to an activating group) is 1. The average molecular weight is 417 g/mol. The van der Waals surface area contributed by atoms with E-state index in [0.29, 0.717) is 27.9 Å². The number of carbonyl (C=O) groups is 2. The standard InChI is InChI=1S/C20H24N4O4S/c1-12-13(18(26)22-20(21-12)29-4)9-10-17(25)24-11-16(19(27)23(2)3)28-15-8-6-5-7-14(15)24/h5-8,16H,9-11H2,1-4H3,(H,21,22,26). The predicted octanol–water partition coefficient (Wildman–Crippen LogP) is 1.62. The van der Waals surface area contributed by atoms with Crippen molar-refractivity contribution in [3.63, 3.8) is 0 Å². The molecule has 9 heteroatoms. The number of anilines is 1. The molecule has 0 radical (unpaired) electrons. The zero-order chi connectivity index (χ0) is 21.1. The van der Waals surface area contributed by atoms with Crippen molar-refractivity contribution in [2.45, 2.75) is 31.0 Å². The number of carbonyl (C=O) groups excluding carboxylic acids is 2. The summed E-state index contributed by atoms with van der Waals surface area (Å²) in [5.41, 5.74) is 1.52. The molecule has 1 aliphatic rings. The molecular formula is C20H24N4O4S. The van der Waals surface area contributed by atoms with Crippen molar-refractivity contribution in [1.82, 2.24) is 14.9 Å². The number of hydrogen-bond acceptors (Lipinski definition) is 6. The lowest BCUT2D eigenvalue weighted by Crippen LogP contribution is -2.50. The fourth-order valence-electron chi connectivity index (χ4n) is 3.23. The molecule has 0 saturated heterocycles. The van der Waals surface area contributed by atoms with Crippen LogP contribution < -0.4 is 15.2 Å². The first-order chi connectivity index (χ1) is 13.8. The maximum Gasteiger partial charge on any atom is 0.265 e. The maximum atomic E-state index is 13.0. The monoisotopic (exact) mass is 416 g/mol. The van der Waals surface area contributed by atoms with E-state index in [1.54, 1.807) is 44.1 Å². The highest BCUT2D eigenvalue weighted by Crippen LogP contribution is 2.34. The van der Waals surface area contributed by atoms with Gasteiger partial charge in [-0.1, -0.05) is 23.9 Å². The van der Waals surface area contributed by atoms with Gasteiger partial charge in [0.05, 0.1) is 12.2 Å².